The van der Waals surface area contributed by atoms with Crippen LogP contribution in [0.25, 0.3) is 11.4 Å². The fraction of sp³-hybridized carbons (Fsp3) is 0.409. The summed E-state index contributed by atoms with van der Waals surface area (Å²) < 4.78 is 33.3. The van der Waals surface area contributed by atoms with Crippen molar-refractivity contribution >= 4 is 33.0 Å². The molecule has 32 heavy (non-hydrogen) atoms. The van der Waals surface area contributed by atoms with Crippen molar-refractivity contribution in [1.29, 1.82) is 0 Å². The number of anilines is 1. The molecule has 2 aromatic heterocycles. The lowest BCUT2D eigenvalue weighted by atomic mass is 9.95. The van der Waals surface area contributed by atoms with E-state index in [0.29, 0.717) is 43.2 Å². The van der Waals surface area contributed by atoms with E-state index >= 15 is 0 Å². The number of aryl methyl sites for hydroxylation is 2. The van der Waals surface area contributed by atoms with E-state index in [1.54, 1.807) is 18.4 Å². The first kappa shape index (κ1) is 21.3. The Bertz CT molecular complexity index is 1250. The standard InChI is InChI=1S/C22H24N4O4S2/c1-15-23-21(24-30-15)18-12-20(31-14-18)32(28,29)25-10-4-8-17(13-25)22(27)26-11-5-7-16-6-2-3-9-19(16)26/h2-3,6,9,12,14,17H,4-5,7-8,10-11,13H2,1H3. The average Bonchev–Trinajstić information content (AvgIpc) is 3.48. The largest absolute Gasteiger partial charge is 0.339 e. The second-order valence-corrected chi connectivity index (χ2v) is 11.3. The summed E-state index contributed by atoms with van der Waals surface area (Å²) in [6.07, 6.45) is 3.24. The lowest BCUT2D eigenvalue weighted by molar-refractivity contribution is -0.123. The van der Waals surface area contributed by atoms with Crippen LogP contribution in [0.4, 0.5) is 5.69 Å². The molecule has 0 spiro atoms. The molecule has 1 amide bonds. The molecule has 0 N–H and O–H groups in total. The Morgan fingerprint density at radius 2 is 2.06 bits per heavy atom. The molecule has 8 nitrogen and oxygen atoms in total. The third kappa shape index (κ3) is 3.87. The van der Waals surface area contributed by atoms with E-state index in [-0.39, 0.29) is 22.6 Å². The highest BCUT2D eigenvalue weighted by molar-refractivity contribution is 7.91. The number of hydrogen-bond donors (Lipinski definition) is 0. The first-order valence-corrected chi connectivity index (χ1v) is 13.0. The maximum absolute atomic E-state index is 13.4. The number of para-hydroxylation sites is 1. The molecule has 3 aromatic rings. The topological polar surface area (TPSA) is 96.6 Å². The highest BCUT2D eigenvalue weighted by Crippen LogP contribution is 2.33. The number of fused-ring (bicyclic) bond motifs is 1. The Labute approximate surface area is 190 Å². The van der Waals surface area contributed by atoms with Crippen LogP contribution in [-0.2, 0) is 21.2 Å². The van der Waals surface area contributed by atoms with E-state index in [9.17, 15) is 13.2 Å². The fourth-order valence-corrected chi connectivity index (χ4v) is 7.29. The molecule has 2 aliphatic heterocycles. The number of rotatable bonds is 4. The van der Waals surface area contributed by atoms with Gasteiger partial charge in [-0.05, 0) is 43.4 Å². The van der Waals surface area contributed by atoms with Gasteiger partial charge >= 0.3 is 0 Å². The van der Waals surface area contributed by atoms with E-state index in [1.165, 1.54) is 9.87 Å². The highest BCUT2D eigenvalue weighted by Gasteiger charge is 2.37. The molecule has 0 saturated carbocycles. The summed E-state index contributed by atoms with van der Waals surface area (Å²) in [6, 6.07) is 9.56. The normalized spacial score (nSPS) is 19.7. The number of carbonyl (C=O) groups excluding carboxylic acids is 1. The molecule has 4 heterocycles. The van der Waals surface area contributed by atoms with Gasteiger partial charge in [0.15, 0.2) is 0 Å². The number of piperidine rings is 1. The Kier molecular flexibility index (Phi) is 5.60. The van der Waals surface area contributed by atoms with Gasteiger partial charge in [0.05, 0.1) is 5.92 Å². The summed E-state index contributed by atoms with van der Waals surface area (Å²) in [5, 5.41) is 5.58. The number of thiophene rings is 1. The van der Waals surface area contributed by atoms with Gasteiger partial charge in [0.1, 0.15) is 4.21 Å². The molecule has 0 radical (unpaired) electrons. The third-order valence-electron chi connectivity index (χ3n) is 6.06. The van der Waals surface area contributed by atoms with Gasteiger partial charge in [0.25, 0.3) is 10.0 Å². The number of nitrogens with zero attached hydrogens (tertiary/aromatic N) is 4. The van der Waals surface area contributed by atoms with Crippen molar-refractivity contribution in [3.8, 4) is 11.4 Å². The first-order chi connectivity index (χ1) is 15.4. The first-order valence-electron chi connectivity index (χ1n) is 10.7. The van der Waals surface area contributed by atoms with Crippen LogP contribution < -0.4 is 4.90 Å². The van der Waals surface area contributed by atoms with Crippen LogP contribution in [0.3, 0.4) is 0 Å². The molecule has 2 aliphatic rings. The van der Waals surface area contributed by atoms with Gasteiger partial charge in [0, 0.05) is 43.2 Å². The van der Waals surface area contributed by atoms with Crippen LogP contribution in [0, 0.1) is 12.8 Å². The second-order valence-electron chi connectivity index (χ2n) is 8.22. The molecule has 0 bridgehead atoms. The highest BCUT2D eigenvalue weighted by atomic mass is 32.2. The molecule has 1 aromatic carbocycles. The third-order valence-corrected chi connectivity index (χ3v) is 9.35. The van der Waals surface area contributed by atoms with E-state index in [0.717, 1.165) is 29.9 Å². The number of aromatic nitrogens is 2. The Balaban J connectivity index is 1.35. The minimum atomic E-state index is -3.71. The molecular weight excluding hydrogens is 448 g/mol. The number of sulfonamides is 1. The van der Waals surface area contributed by atoms with Crippen LogP contribution in [-0.4, -0.2) is 48.4 Å². The van der Waals surface area contributed by atoms with Crippen molar-refractivity contribution in [2.75, 3.05) is 24.5 Å². The lowest BCUT2D eigenvalue weighted by Crippen LogP contribution is -2.47. The van der Waals surface area contributed by atoms with E-state index in [1.807, 2.05) is 23.1 Å². The smallest absolute Gasteiger partial charge is 0.252 e. The zero-order chi connectivity index (χ0) is 22.3. The number of amides is 1. The van der Waals surface area contributed by atoms with Gasteiger partial charge in [-0.3, -0.25) is 4.79 Å². The van der Waals surface area contributed by atoms with Gasteiger partial charge in [-0.1, -0.05) is 23.4 Å². The van der Waals surface area contributed by atoms with Crippen molar-refractivity contribution in [2.45, 2.75) is 36.8 Å². The molecule has 168 valence electrons. The molecule has 1 fully saturated rings. The Hall–Kier alpha value is -2.56. The van der Waals surface area contributed by atoms with E-state index in [4.69, 9.17) is 4.52 Å². The van der Waals surface area contributed by atoms with E-state index in [2.05, 4.69) is 16.2 Å². The van der Waals surface area contributed by atoms with Gasteiger partial charge in [-0.25, -0.2) is 8.42 Å². The predicted octanol–water partition coefficient (Wildman–Crippen LogP) is 3.49. The molecule has 0 aliphatic carbocycles. The van der Waals surface area contributed by atoms with Crippen molar-refractivity contribution in [2.24, 2.45) is 5.92 Å². The summed E-state index contributed by atoms with van der Waals surface area (Å²) in [6.45, 7) is 2.98. The zero-order valence-corrected chi connectivity index (χ0v) is 19.4. The molecule has 5 rings (SSSR count). The quantitative estimate of drug-likeness (QED) is 0.577. The molecule has 1 unspecified atom stereocenters. The molecule has 10 heteroatoms. The summed E-state index contributed by atoms with van der Waals surface area (Å²) >= 11 is 1.14. The lowest BCUT2D eigenvalue weighted by Gasteiger charge is -2.36. The summed E-state index contributed by atoms with van der Waals surface area (Å²) in [5.41, 5.74) is 2.75. The van der Waals surface area contributed by atoms with Crippen LogP contribution in [0.2, 0.25) is 0 Å². The molecule has 1 saturated heterocycles. The number of benzene rings is 1. The van der Waals surface area contributed by atoms with Crippen LogP contribution in [0.5, 0.6) is 0 Å². The summed E-state index contributed by atoms with van der Waals surface area (Å²) in [7, 11) is -3.71. The van der Waals surface area contributed by atoms with Crippen LogP contribution in [0.15, 0.2) is 44.4 Å². The van der Waals surface area contributed by atoms with E-state index < -0.39 is 10.0 Å². The van der Waals surface area contributed by atoms with Gasteiger partial charge < -0.3 is 9.42 Å². The van der Waals surface area contributed by atoms with Crippen molar-refractivity contribution in [3.05, 3.63) is 47.2 Å². The minimum absolute atomic E-state index is 0.0196. The van der Waals surface area contributed by atoms with Crippen molar-refractivity contribution in [1.82, 2.24) is 14.4 Å². The Morgan fingerprint density at radius 1 is 1.22 bits per heavy atom. The second kappa shape index (κ2) is 8.42. The SMILES string of the molecule is Cc1nc(-c2csc(S(=O)(=O)N3CCCC(C(=O)N4CCCc5ccccc54)C3)c2)no1. The minimum Gasteiger partial charge on any atom is -0.339 e. The van der Waals surface area contributed by atoms with Crippen LogP contribution in [0.1, 0.15) is 30.7 Å². The average molecular weight is 473 g/mol. The van der Waals surface area contributed by atoms with Gasteiger partial charge in [-0.2, -0.15) is 9.29 Å². The van der Waals surface area contributed by atoms with Crippen LogP contribution >= 0.6 is 11.3 Å². The summed E-state index contributed by atoms with van der Waals surface area (Å²) in [5.74, 6) is 0.470. The number of carbonyl (C=O) groups is 1. The molecular formula is C22H24N4O4S2. The fourth-order valence-electron chi connectivity index (χ4n) is 4.46. The summed E-state index contributed by atoms with van der Waals surface area (Å²) in [4.78, 5) is 19.4. The van der Waals surface area contributed by atoms with Crippen molar-refractivity contribution in [3.63, 3.8) is 0 Å². The molecule has 1 atom stereocenters. The maximum Gasteiger partial charge on any atom is 0.252 e. The number of hydrogen-bond acceptors (Lipinski definition) is 7. The predicted molar refractivity (Wildman–Crippen MR) is 121 cm³/mol. The van der Waals surface area contributed by atoms with Crippen molar-refractivity contribution < 1.29 is 17.7 Å². The van der Waals surface area contributed by atoms with Gasteiger partial charge in [0.2, 0.25) is 17.6 Å². The monoisotopic (exact) mass is 472 g/mol. The maximum atomic E-state index is 13.4. The Morgan fingerprint density at radius 3 is 2.88 bits per heavy atom. The zero-order valence-electron chi connectivity index (χ0n) is 17.7. The van der Waals surface area contributed by atoms with Gasteiger partial charge in [-0.15, -0.1) is 11.3 Å².